The maximum absolute atomic E-state index is 13.3. The van der Waals surface area contributed by atoms with E-state index in [1.807, 2.05) is 31.2 Å². The van der Waals surface area contributed by atoms with Crippen molar-refractivity contribution >= 4 is 17.9 Å². The Morgan fingerprint density at radius 1 is 1.09 bits per heavy atom. The number of unbranched alkanes of at least 4 members (excludes halogenated alkanes) is 2. The van der Waals surface area contributed by atoms with Crippen LogP contribution in [-0.4, -0.2) is 59.3 Å². The summed E-state index contributed by atoms with van der Waals surface area (Å²) in [6.07, 6.45) is 2.99. The number of hydrogen-bond acceptors (Lipinski definition) is 5. The quantitative estimate of drug-likeness (QED) is 0.412. The van der Waals surface area contributed by atoms with Crippen LogP contribution in [-0.2, 0) is 20.7 Å². The Labute approximate surface area is 198 Å². The molecule has 0 aliphatic carbocycles. The Morgan fingerprint density at radius 2 is 1.73 bits per heavy atom. The van der Waals surface area contributed by atoms with Gasteiger partial charge in [0.2, 0.25) is 11.8 Å². The van der Waals surface area contributed by atoms with Crippen LogP contribution >= 0.6 is 0 Å². The molecule has 0 fully saturated rings. The largest absolute Gasteiger partial charge is 0.444 e. The molecule has 1 rings (SSSR count). The molecular weight excluding hydrogens is 422 g/mol. The summed E-state index contributed by atoms with van der Waals surface area (Å²) >= 11 is 0. The highest BCUT2D eigenvalue weighted by Gasteiger charge is 2.34. The van der Waals surface area contributed by atoms with Crippen LogP contribution in [0.4, 0.5) is 4.79 Å². The second-order valence-corrected chi connectivity index (χ2v) is 9.12. The molecule has 186 valence electrons. The highest BCUT2D eigenvalue weighted by atomic mass is 16.6. The maximum Gasteiger partial charge on any atom is 0.408 e. The molecule has 0 saturated heterocycles. The number of nitrogens with one attached hydrogen (secondary N) is 2. The van der Waals surface area contributed by atoms with Gasteiger partial charge in [-0.3, -0.25) is 9.59 Å². The molecule has 8 nitrogen and oxygen atoms in total. The molecule has 3 amide bonds. The number of alkyl carbamates (subject to hydrolysis) is 1. The first-order valence-electron chi connectivity index (χ1n) is 11.8. The molecule has 0 aliphatic rings. The van der Waals surface area contributed by atoms with Crippen molar-refractivity contribution < 1.29 is 24.2 Å². The van der Waals surface area contributed by atoms with E-state index >= 15 is 0 Å². The first kappa shape index (κ1) is 28.4. The van der Waals surface area contributed by atoms with Gasteiger partial charge in [-0.05, 0) is 51.7 Å². The summed E-state index contributed by atoms with van der Waals surface area (Å²) in [6, 6.07) is 5.64. The molecule has 1 aromatic carbocycles. The molecule has 0 aliphatic heterocycles. The summed E-state index contributed by atoms with van der Waals surface area (Å²) < 4.78 is 5.24. The summed E-state index contributed by atoms with van der Waals surface area (Å²) in [5.74, 6) is -0.801. The Morgan fingerprint density at radius 3 is 2.24 bits per heavy atom. The highest BCUT2D eigenvalue weighted by molar-refractivity contribution is 5.92. The molecule has 0 aromatic heterocycles. The SMILES string of the molecule is CCCCCNC(=O)C(c1ccc(CC)cc1)N(CCO)C(=O)C(C)NC(=O)OC(C)(C)C. The van der Waals surface area contributed by atoms with Crippen LogP contribution in [0.15, 0.2) is 24.3 Å². The molecule has 0 spiro atoms. The number of amides is 3. The van der Waals surface area contributed by atoms with E-state index in [0.717, 1.165) is 31.2 Å². The summed E-state index contributed by atoms with van der Waals surface area (Å²) in [7, 11) is 0. The molecule has 33 heavy (non-hydrogen) atoms. The highest BCUT2D eigenvalue weighted by Crippen LogP contribution is 2.23. The zero-order valence-electron chi connectivity index (χ0n) is 20.9. The van der Waals surface area contributed by atoms with Crippen molar-refractivity contribution in [1.82, 2.24) is 15.5 Å². The van der Waals surface area contributed by atoms with Crippen molar-refractivity contribution in [3.05, 3.63) is 35.4 Å². The summed E-state index contributed by atoms with van der Waals surface area (Å²) in [4.78, 5) is 40.0. The number of benzene rings is 1. The molecular formula is C25H41N3O5. The molecule has 3 N–H and O–H groups in total. The van der Waals surface area contributed by atoms with Crippen LogP contribution < -0.4 is 10.6 Å². The number of aliphatic hydroxyl groups excluding tert-OH is 1. The summed E-state index contributed by atoms with van der Waals surface area (Å²) in [6.45, 7) is 11.0. The molecule has 0 heterocycles. The van der Waals surface area contributed by atoms with Crippen LogP contribution in [0.5, 0.6) is 0 Å². The molecule has 0 bridgehead atoms. The number of rotatable bonds is 12. The first-order valence-corrected chi connectivity index (χ1v) is 11.8. The van der Waals surface area contributed by atoms with Crippen LogP contribution in [0.1, 0.15) is 78.0 Å². The number of carbonyl (C=O) groups is 3. The van der Waals surface area contributed by atoms with E-state index in [1.54, 1.807) is 20.8 Å². The molecule has 2 unspecified atom stereocenters. The van der Waals surface area contributed by atoms with E-state index in [9.17, 15) is 19.5 Å². The standard InChI is InChI=1S/C25H41N3O5/c1-7-9-10-15-26-22(30)21(20-13-11-19(8-2)12-14-20)28(16-17-29)23(31)18(3)27-24(32)33-25(4,5)6/h11-14,18,21,29H,7-10,15-17H2,1-6H3,(H,26,30)(H,27,32). The average Bonchev–Trinajstić information content (AvgIpc) is 2.75. The zero-order valence-corrected chi connectivity index (χ0v) is 20.9. The van der Waals surface area contributed by atoms with Crippen molar-refractivity contribution in [2.24, 2.45) is 0 Å². The third kappa shape index (κ3) is 9.82. The van der Waals surface area contributed by atoms with Crippen LogP contribution in [0.2, 0.25) is 0 Å². The van der Waals surface area contributed by atoms with Gasteiger partial charge in [0.15, 0.2) is 0 Å². The topological polar surface area (TPSA) is 108 Å². The number of aryl methyl sites for hydroxylation is 1. The monoisotopic (exact) mass is 463 g/mol. The smallest absolute Gasteiger partial charge is 0.408 e. The summed E-state index contributed by atoms with van der Waals surface area (Å²) in [5.41, 5.74) is 1.05. The molecule has 2 atom stereocenters. The average molecular weight is 464 g/mol. The lowest BCUT2D eigenvalue weighted by Gasteiger charge is -2.33. The Balaban J connectivity index is 3.17. The van der Waals surface area contributed by atoms with Gasteiger partial charge >= 0.3 is 6.09 Å². The van der Waals surface area contributed by atoms with Gasteiger partial charge in [-0.25, -0.2) is 4.79 Å². The fourth-order valence-corrected chi connectivity index (χ4v) is 3.36. The van der Waals surface area contributed by atoms with Crippen LogP contribution in [0.3, 0.4) is 0 Å². The van der Waals surface area contributed by atoms with Crippen molar-refractivity contribution in [2.45, 2.75) is 84.9 Å². The van der Waals surface area contributed by atoms with Crippen molar-refractivity contribution in [3.8, 4) is 0 Å². The Kier molecular flexibility index (Phi) is 11.9. The molecule has 8 heteroatoms. The number of aliphatic hydroxyl groups is 1. The van der Waals surface area contributed by atoms with Crippen molar-refractivity contribution in [2.75, 3.05) is 19.7 Å². The number of hydrogen-bond donors (Lipinski definition) is 3. The lowest BCUT2D eigenvalue weighted by Crippen LogP contribution is -2.52. The normalized spacial score (nSPS) is 13.1. The molecule has 0 radical (unpaired) electrons. The second-order valence-electron chi connectivity index (χ2n) is 9.12. The van der Waals surface area contributed by atoms with Gasteiger partial charge in [-0.15, -0.1) is 0 Å². The predicted octanol–water partition coefficient (Wildman–Crippen LogP) is 3.33. The summed E-state index contributed by atoms with van der Waals surface area (Å²) in [5, 5.41) is 15.1. The fourth-order valence-electron chi connectivity index (χ4n) is 3.36. The lowest BCUT2D eigenvalue weighted by molar-refractivity contribution is -0.142. The lowest BCUT2D eigenvalue weighted by atomic mass is 10.0. The minimum Gasteiger partial charge on any atom is -0.444 e. The van der Waals surface area contributed by atoms with Gasteiger partial charge in [0.1, 0.15) is 17.7 Å². The van der Waals surface area contributed by atoms with E-state index in [1.165, 1.54) is 11.8 Å². The predicted molar refractivity (Wildman–Crippen MR) is 129 cm³/mol. The van der Waals surface area contributed by atoms with Crippen LogP contribution in [0.25, 0.3) is 0 Å². The molecule has 0 saturated carbocycles. The fraction of sp³-hybridized carbons (Fsp3) is 0.640. The number of ether oxygens (including phenoxy) is 1. The van der Waals surface area contributed by atoms with E-state index in [-0.39, 0.29) is 19.1 Å². The first-order chi connectivity index (χ1) is 15.5. The number of nitrogens with zero attached hydrogens (tertiary/aromatic N) is 1. The van der Waals surface area contributed by atoms with Crippen molar-refractivity contribution in [3.63, 3.8) is 0 Å². The third-order valence-electron chi connectivity index (χ3n) is 5.07. The van der Waals surface area contributed by atoms with E-state index in [4.69, 9.17) is 4.74 Å². The Hall–Kier alpha value is -2.61. The van der Waals surface area contributed by atoms with Gasteiger partial charge in [-0.2, -0.15) is 0 Å². The van der Waals surface area contributed by atoms with Gasteiger partial charge in [-0.1, -0.05) is 51.0 Å². The maximum atomic E-state index is 13.3. The van der Waals surface area contributed by atoms with E-state index in [2.05, 4.69) is 17.6 Å². The van der Waals surface area contributed by atoms with Crippen molar-refractivity contribution in [1.29, 1.82) is 0 Å². The third-order valence-corrected chi connectivity index (χ3v) is 5.07. The number of carbonyl (C=O) groups excluding carboxylic acids is 3. The van der Waals surface area contributed by atoms with Gasteiger partial charge in [0.05, 0.1) is 6.61 Å². The minimum atomic E-state index is -0.947. The zero-order chi connectivity index (χ0) is 25.0. The second kappa shape index (κ2) is 13.8. The Bertz CT molecular complexity index is 758. The van der Waals surface area contributed by atoms with E-state index in [0.29, 0.717) is 12.1 Å². The van der Waals surface area contributed by atoms with E-state index < -0.39 is 29.7 Å². The minimum absolute atomic E-state index is 0.0538. The van der Waals surface area contributed by atoms with Gasteiger partial charge in [0.25, 0.3) is 0 Å². The molecule has 1 aromatic rings. The van der Waals surface area contributed by atoms with Crippen LogP contribution in [0, 0.1) is 0 Å². The van der Waals surface area contributed by atoms with Gasteiger partial charge in [0, 0.05) is 13.1 Å². The van der Waals surface area contributed by atoms with Gasteiger partial charge < -0.3 is 25.4 Å².